The molecule has 0 spiro atoms. The predicted molar refractivity (Wildman–Crippen MR) is 130 cm³/mol. The second-order valence-electron chi connectivity index (χ2n) is 7.75. The number of benzene rings is 2. The zero-order valence-corrected chi connectivity index (χ0v) is 19.8. The lowest BCUT2D eigenvalue weighted by molar-refractivity contribution is -0.113. The van der Waals surface area contributed by atoms with Crippen LogP contribution in [0.15, 0.2) is 59.8 Å². The van der Waals surface area contributed by atoms with Gasteiger partial charge >= 0.3 is 0 Å². The van der Waals surface area contributed by atoms with Gasteiger partial charge in [0.25, 0.3) is 0 Å². The highest BCUT2D eigenvalue weighted by Gasteiger charge is 2.21. The van der Waals surface area contributed by atoms with Gasteiger partial charge in [0.2, 0.25) is 5.91 Å². The molecule has 2 aromatic heterocycles. The van der Waals surface area contributed by atoms with Gasteiger partial charge in [-0.2, -0.15) is 5.26 Å². The number of nitrogens with one attached hydrogen (secondary N) is 1. The maximum atomic E-state index is 12.9. The first kappa shape index (κ1) is 22.4. The molecule has 0 aliphatic rings. The predicted octanol–water partition coefficient (Wildman–Crippen LogP) is 4.89. The normalized spacial score (nSPS) is 10.8. The number of carbonyl (C=O) groups is 1. The van der Waals surface area contributed by atoms with Gasteiger partial charge < -0.3 is 5.32 Å². The van der Waals surface area contributed by atoms with Crippen LogP contribution in [0.5, 0.6) is 0 Å². The van der Waals surface area contributed by atoms with E-state index in [4.69, 9.17) is 0 Å². The van der Waals surface area contributed by atoms with Gasteiger partial charge in [0.05, 0.1) is 11.3 Å². The lowest BCUT2D eigenvalue weighted by Crippen LogP contribution is -2.18. The van der Waals surface area contributed by atoms with Crippen molar-refractivity contribution < 1.29 is 4.79 Å². The lowest BCUT2D eigenvalue weighted by Gasteiger charge is -2.13. The molecule has 0 atom stereocenters. The molecule has 4 rings (SSSR count). The van der Waals surface area contributed by atoms with E-state index in [1.54, 1.807) is 0 Å². The van der Waals surface area contributed by atoms with E-state index in [-0.39, 0.29) is 11.7 Å². The summed E-state index contributed by atoms with van der Waals surface area (Å²) in [5.74, 6) is 1.15. The molecule has 8 heteroatoms. The SMILES string of the molecule is Cc1ccc(-n2c(C)nnc2SCC(=O)Nc2c(C#N)c(C)c(C)n2-c2ccccc2)cc1. The topological polar surface area (TPSA) is 88.5 Å². The van der Waals surface area contributed by atoms with Crippen LogP contribution >= 0.6 is 11.8 Å². The first-order valence-corrected chi connectivity index (χ1v) is 11.5. The molecular weight excluding hydrogens is 432 g/mol. The molecule has 2 aromatic carbocycles. The van der Waals surface area contributed by atoms with E-state index in [1.165, 1.54) is 17.3 Å². The van der Waals surface area contributed by atoms with Gasteiger partial charge in [0.1, 0.15) is 17.7 Å². The average molecular weight is 457 g/mol. The summed E-state index contributed by atoms with van der Waals surface area (Å²) < 4.78 is 3.84. The van der Waals surface area contributed by atoms with Crippen LogP contribution in [0.1, 0.15) is 28.2 Å². The minimum absolute atomic E-state index is 0.132. The number of thioether (sulfide) groups is 1. The second-order valence-corrected chi connectivity index (χ2v) is 8.70. The van der Waals surface area contributed by atoms with Crippen molar-refractivity contribution in [3.8, 4) is 17.4 Å². The van der Waals surface area contributed by atoms with Gasteiger partial charge in [0.15, 0.2) is 5.16 Å². The molecule has 1 amide bonds. The Hall–Kier alpha value is -3.83. The Kier molecular flexibility index (Phi) is 6.33. The molecule has 0 radical (unpaired) electrons. The molecule has 0 fully saturated rings. The number of amides is 1. The summed E-state index contributed by atoms with van der Waals surface area (Å²) in [6.45, 7) is 7.76. The minimum Gasteiger partial charge on any atom is -0.310 e. The summed E-state index contributed by atoms with van der Waals surface area (Å²) in [4.78, 5) is 12.9. The van der Waals surface area contributed by atoms with E-state index < -0.39 is 0 Å². The molecule has 166 valence electrons. The van der Waals surface area contributed by atoms with Crippen LogP contribution in [-0.2, 0) is 4.79 Å². The first-order chi connectivity index (χ1) is 15.9. The molecule has 1 N–H and O–H groups in total. The zero-order chi connectivity index (χ0) is 23.5. The van der Waals surface area contributed by atoms with Crippen molar-refractivity contribution in [2.45, 2.75) is 32.9 Å². The highest BCUT2D eigenvalue weighted by Crippen LogP contribution is 2.30. The Balaban J connectivity index is 1.58. The van der Waals surface area contributed by atoms with E-state index in [2.05, 4.69) is 21.6 Å². The summed E-state index contributed by atoms with van der Waals surface area (Å²) >= 11 is 1.31. The number of hydrogen-bond donors (Lipinski definition) is 1. The number of hydrogen-bond acceptors (Lipinski definition) is 5. The quantitative estimate of drug-likeness (QED) is 0.417. The van der Waals surface area contributed by atoms with Gasteiger partial charge in [-0.1, -0.05) is 47.7 Å². The fraction of sp³-hybridized carbons (Fsp3) is 0.200. The monoisotopic (exact) mass is 456 g/mol. The van der Waals surface area contributed by atoms with Crippen LogP contribution in [-0.4, -0.2) is 31.0 Å². The fourth-order valence-corrected chi connectivity index (χ4v) is 4.48. The third kappa shape index (κ3) is 4.41. The third-order valence-electron chi connectivity index (χ3n) is 5.52. The highest BCUT2D eigenvalue weighted by atomic mass is 32.2. The standard InChI is InChI=1S/C25H24N6OS/c1-16-10-12-21(13-11-16)31-19(4)28-29-25(31)33-15-23(32)27-24-22(14-26)17(2)18(3)30(24)20-8-6-5-7-9-20/h5-13H,15H2,1-4H3,(H,27,32). The maximum Gasteiger partial charge on any atom is 0.236 e. The number of nitrogens with zero attached hydrogens (tertiary/aromatic N) is 5. The molecule has 0 aliphatic carbocycles. The smallest absolute Gasteiger partial charge is 0.236 e. The number of rotatable bonds is 6. The first-order valence-electron chi connectivity index (χ1n) is 10.5. The number of aromatic nitrogens is 4. The van der Waals surface area contributed by atoms with Gasteiger partial charge in [0, 0.05) is 17.1 Å². The van der Waals surface area contributed by atoms with Crippen LogP contribution < -0.4 is 5.32 Å². The zero-order valence-electron chi connectivity index (χ0n) is 19.0. The third-order valence-corrected chi connectivity index (χ3v) is 6.45. The van der Waals surface area contributed by atoms with Crippen LogP contribution in [0.4, 0.5) is 5.82 Å². The molecule has 33 heavy (non-hydrogen) atoms. The molecule has 2 heterocycles. The van der Waals surface area contributed by atoms with Crippen molar-refractivity contribution in [2.75, 3.05) is 11.1 Å². The Morgan fingerprint density at radius 1 is 0.970 bits per heavy atom. The van der Waals surface area contributed by atoms with Crippen LogP contribution in [0.2, 0.25) is 0 Å². The largest absolute Gasteiger partial charge is 0.310 e. The Morgan fingerprint density at radius 2 is 1.64 bits per heavy atom. The van der Waals surface area contributed by atoms with E-state index in [0.717, 1.165) is 28.5 Å². The van der Waals surface area contributed by atoms with Gasteiger partial charge in [-0.3, -0.25) is 13.9 Å². The molecule has 0 saturated carbocycles. The number of aryl methyl sites for hydroxylation is 2. The van der Waals surface area contributed by atoms with Crippen molar-refractivity contribution >= 4 is 23.5 Å². The number of carbonyl (C=O) groups excluding carboxylic acids is 1. The highest BCUT2D eigenvalue weighted by molar-refractivity contribution is 7.99. The van der Waals surface area contributed by atoms with Gasteiger partial charge in [-0.05, 0) is 57.5 Å². The molecule has 0 bridgehead atoms. The van der Waals surface area contributed by atoms with Gasteiger partial charge in [-0.25, -0.2) is 0 Å². The average Bonchev–Trinajstić information content (AvgIpc) is 3.30. The Morgan fingerprint density at radius 3 is 2.30 bits per heavy atom. The maximum absolute atomic E-state index is 12.9. The summed E-state index contributed by atoms with van der Waals surface area (Å²) in [6, 6.07) is 20.0. The fourth-order valence-electron chi connectivity index (χ4n) is 3.69. The molecular formula is C25H24N6OS. The minimum atomic E-state index is -0.220. The van der Waals surface area contributed by atoms with E-state index in [9.17, 15) is 10.1 Å². The van der Waals surface area contributed by atoms with Crippen molar-refractivity contribution in [3.63, 3.8) is 0 Å². The van der Waals surface area contributed by atoms with Crippen LogP contribution in [0.3, 0.4) is 0 Å². The molecule has 7 nitrogen and oxygen atoms in total. The van der Waals surface area contributed by atoms with E-state index >= 15 is 0 Å². The number of anilines is 1. The van der Waals surface area contributed by atoms with Crippen molar-refractivity contribution in [1.29, 1.82) is 5.26 Å². The van der Waals surface area contributed by atoms with Crippen LogP contribution in [0.25, 0.3) is 11.4 Å². The van der Waals surface area contributed by atoms with Crippen LogP contribution in [0, 0.1) is 39.0 Å². The summed E-state index contributed by atoms with van der Waals surface area (Å²) in [7, 11) is 0. The summed E-state index contributed by atoms with van der Waals surface area (Å²) in [5.41, 5.74) is 5.22. The Bertz CT molecular complexity index is 1350. The van der Waals surface area contributed by atoms with Gasteiger partial charge in [-0.15, -0.1) is 10.2 Å². The summed E-state index contributed by atoms with van der Waals surface area (Å²) in [6.07, 6.45) is 0. The molecule has 0 aliphatic heterocycles. The Labute approximate surface area is 197 Å². The van der Waals surface area contributed by atoms with Crippen molar-refractivity contribution in [1.82, 2.24) is 19.3 Å². The van der Waals surface area contributed by atoms with Crippen molar-refractivity contribution in [2.24, 2.45) is 0 Å². The lowest BCUT2D eigenvalue weighted by atomic mass is 10.2. The molecule has 0 unspecified atom stereocenters. The summed E-state index contributed by atoms with van der Waals surface area (Å²) in [5, 5.41) is 21.8. The second kappa shape index (κ2) is 9.35. The molecule has 0 saturated heterocycles. The molecule has 4 aromatic rings. The number of para-hydroxylation sites is 1. The van der Waals surface area contributed by atoms with Crippen molar-refractivity contribution in [3.05, 3.63) is 82.8 Å². The number of nitriles is 1. The van der Waals surface area contributed by atoms with E-state index in [1.807, 2.05) is 91.4 Å². The van der Waals surface area contributed by atoms with E-state index in [0.29, 0.717) is 16.5 Å².